The van der Waals surface area contributed by atoms with E-state index in [4.69, 9.17) is 4.55 Å². The summed E-state index contributed by atoms with van der Waals surface area (Å²) in [5.41, 5.74) is 1.21. The minimum absolute atomic E-state index is 0. The van der Waals surface area contributed by atoms with Crippen molar-refractivity contribution in [3.8, 4) is 0 Å². The molecule has 13 heavy (non-hydrogen) atoms. The van der Waals surface area contributed by atoms with E-state index in [1.54, 1.807) is 12.1 Å². The van der Waals surface area contributed by atoms with Crippen LogP contribution in [0.2, 0.25) is 0 Å². The van der Waals surface area contributed by atoms with Gasteiger partial charge >= 0.3 is 29.6 Å². The van der Waals surface area contributed by atoms with E-state index in [0.29, 0.717) is 4.90 Å². The average Bonchev–Trinajstić information content (AvgIpc) is 2.06. The van der Waals surface area contributed by atoms with Crippen LogP contribution >= 0.6 is 0 Å². The molecule has 0 fully saturated rings. The van der Waals surface area contributed by atoms with Gasteiger partial charge in [0, 0.05) is 0 Å². The zero-order valence-electron chi connectivity index (χ0n) is 8.99. The summed E-state index contributed by atoms with van der Waals surface area (Å²) < 4.78 is 19.3. The maximum absolute atomic E-state index is 10.6. The van der Waals surface area contributed by atoms with E-state index in [0.717, 1.165) is 12.8 Å². The molecule has 0 aliphatic rings. The van der Waals surface area contributed by atoms with Crippen LogP contribution in [-0.4, -0.2) is 8.76 Å². The van der Waals surface area contributed by atoms with E-state index >= 15 is 0 Å². The third kappa shape index (κ3) is 4.38. The smallest absolute Gasteiger partial charge is 1.00 e. The minimum Gasteiger partial charge on any atom is -1.00 e. The van der Waals surface area contributed by atoms with Gasteiger partial charge in [0.05, 0.1) is 4.90 Å². The van der Waals surface area contributed by atoms with Crippen molar-refractivity contribution in [3.05, 3.63) is 29.8 Å². The molecule has 0 aliphatic carbocycles. The molecular formula is C9H13NaO2S. The van der Waals surface area contributed by atoms with Gasteiger partial charge in [0.25, 0.3) is 0 Å². The maximum atomic E-state index is 10.6. The summed E-state index contributed by atoms with van der Waals surface area (Å²) in [7, 11) is 0. The van der Waals surface area contributed by atoms with Gasteiger partial charge in [-0.05, 0) is 24.1 Å². The zero-order valence-corrected chi connectivity index (χ0v) is 10.8. The predicted octanol–water partition coefficient (Wildman–Crippen LogP) is -0.664. The Morgan fingerprint density at radius 2 is 1.92 bits per heavy atom. The molecule has 0 aliphatic heterocycles. The van der Waals surface area contributed by atoms with Gasteiger partial charge in [0.15, 0.2) is 11.1 Å². The Bertz CT molecular complexity index is 277. The molecule has 0 spiro atoms. The monoisotopic (exact) mass is 208 g/mol. The van der Waals surface area contributed by atoms with Crippen LogP contribution in [0.4, 0.5) is 0 Å². The van der Waals surface area contributed by atoms with Crippen molar-refractivity contribution in [2.75, 3.05) is 0 Å². The van der Waals surface area contributed by atoms with Gasteiger partial charge in [-0.3, -0.25) is 0 Å². The van der Waals surface area contributed by atoms with Crippen LogP contribution < -0.4 is 29.6 Å². The normalized spacial score (nSPS) is 11.8. The van der Waals surface area contributed by atoms with Gasteiger partial charge in [-0.15, -0.1) is 0 Å². The molecule has 0 bridgehead atoms. The Morgan fingerprint density at radius 1 is 1.38 bits per heavy atom. The van der Waals surface area contributed by atoms with Crippen LogP contribution in [-0.2, 0) is 17.5 Å². The second-order valence-electron chi connectivity index (χ2n) is 2.64. The van der Waals surface area contributed by atoms with Crippen molar-refractivity contribution >= 4 is 11.1 Å². The summed E-state index contributed by atoms with van der Waals surface area (Å²) in [6.07, 6.45) is 2.12. The van der Waals surface area contributed by atoms with Gasteiger partial charge < -0.3 is 5.98 Å². The quantitative estimate of drug-likeness (QED) is 0.529. The van der Waals surface area contributed by atoms with Gasteiger partial charge in [-0.1, -0.05) is 25.5 Å². The summed E-state index contributed by atoms with van der Waals surface area (Å²) in [5.74, 6) is 0. The van der Waals surface area contributed by atoms with E-state index in [2.05, 4.69) is 6.92 Å². The third-order valence-corrected chi connectivity index (χ3v) is 2.34. The van der Waals surface area contributed by atoms with Crippen LogP contribution in [0.5, 0.6) is 0 Å². The Kier molecular flexibility index (Phi) is 6.91. The van der Waals surface area contributed by atoms with E-state index in [1.165, 1.54) is 5.56 Å². The van der Waals surface area contributed by atoms with Crippen molar-refractivity contribution in [3.63, 3.8) is 0 Å². The first-order chi connectivity index (χ1) is 5.74. The summed E-state index contributed by atoms with van der Waals surface area (Å²) in [6.45, 7) is 2.11. The second kappa shape index (κ2) is 6.74. The Hall–Kier alpha value is 0.330. The Labute approximate surface area is 105 Å². The molecule has 0 saturated heterocycles. The standard InChI is InChI=1S/C9H12O2S.Na.H/c1-2-3-8-4-6-9(7-5-8)12(10)11;;/h4-7H,2-3H2,1H3,(H,10,11);;/q;+1;-1. The first-order valence-electron chi connectivity index (χ1n) is 3.94. The zero-order chi connectivity index (χ0) is 8.97. The summed E-state index contributed by atoms with van der Waals surface area (Å²) >= 11 is -1.84. The molecular weight excluding hydrogens is 195 g/mol. The first kappa shape index (κ1) is 13.3. The molecule has 1 rings (SSSR count). The summed E-state index contributed by atoms with van der Waals surface area (Å²) in [6, 6.07) is 7.18. The van der Waals surface area contributed by atoms with Crippen LogP contribution in [0.25, 0.3) is 0 Å². The molecule has 1 unspecified atom stereocenters. The number of rotatable bonds is 3. The van der Waals surface area contributed by atoms with E-state index in [9.17, 15) is 4.21 Å². The van der Waals surface area contributed by atoms with Crippen LogP contribution in [0.3, 0.4) is 0 Å². The van der Waals surface area contributed by atoms with Gasteiger partial charge in [0.2, 0.25) is 0 Å². The molecule has 1 atom stereocenters. The largest absolute Gasteiger partial charge is 1.00 e. The fourth-order valence-corrected chi connectivity index (χ4v) is 1.43. The van der Waals surface area contributed by atoms with E-state index in [1.807, 2.05) is 12.1 Å². The molecule has 0 saturated carbocycles. The Morgan fingerprint density at radius 3 is 2.31 bits per heavy atom. The van der Waals surface area contributed by atoms with Crippen molar-refractivity contribution in [2.24, 2.45) is 0 Å². The SMILES string of the molecule is CCCc1ccc(S(=O)O)cc1.[H-].[Na+]. The van der Waals surface area contributed by atoms with E-state index in [-0.39, 0.29) is 31.0 Å². The van der Waals surface area contributed by atoms with Crippen LogP contribution in [0.15, 0.2) is 29.2 Å². The number of hydrogen-bond donors (Lipinski definition) is 1. The first-order valence-corrected chi connectivity index (χ1v) is 5.04. The molecule has 1 aromatic carbocycles. The van der Waals surface area contributed by atoms with Crippen LogP contribution in [0.1, 0.15) is 20.3 Å². The minimum atomic E-state index is -1.84. The molecule has 4 heteroatoms. The fraction of sp³-hybridized carbons (Fsp3) is 0.333. The van der Waals surface area contributed by atoms with Crippen molar-refractivity contribution in [2.45, 2.75) is 24.7 Å². The molecule has 0 heterocycles. The van der Waals surface area contributed by atoms with Crippen LogP contribution in [0, 0.1) is 0 Å². The van der Waals surface area contributed by atoms with Crippen molar-refractivity contribution < 1.29 is 39.7 Å². The molecule has 1 N–H and O–H groups in total. The predicted molar refractivity (Wildman–Crippen MR) is 50.6 cm³/mol. The molecule has 68 valence electrons. The van der Waals surface area contributed by atoms with Crippen molar-refractivity contribution in [1.29, 1.82) is 0 Å². The number of hydrogen-bond acceptors (Lipinski definition) is 1. The summed E-state index contributed by atoms with van der Waals surface area (Å²) in [5, 5.41) is 0. The molecule has 2 nitrogen and oxygen atoms in total. The summed E-state index contributed by atoms with van der Waals surface area (Å²) in [4.78, 5) is 0.467. The number of aryl methyl sites for hydroxylation is 1. The molecule has 1 aromatic rings. The second-order valence-corrected chi connectivity index (χ2v) is 3.61. The molecule has 0 amide bonds. The van der Waals surface area contributed by atoms with Gasteiger partial charge in [0.1, 0.15) is 0 Å². The Balaban J connectivity index is 0. The number of benzene rings is 1. The van der Waals surface area contributed by atoms with Crippen molar-refractivity contribution in [1.82, 2.24) is 0 Å². The maximum Gasteiger partial charge on any atom is 1.00 e. The molecule has 0 aromatic heterocycles. The third-order valence-electron chi connectivity index (χ3n) is 1.66. The van der Waals surface area contributed by atoms with Gasteiger partial charge in [-0.2, -0.15) is 0 Å². The molecule has 0 radical (unpaired) electrons. The fourth-order valence-electron chi connectivity index (χ4n) is 1.06. The topological polar surface area (TPSA) is 37.3 Å². The van der Waals surface area contributed by atoms with Gasteiger partial charge in [-0.25, -0.2) is 4.21 Å². The average molecular weight is 208 g/mol. The van der Waals surface area contributed by atoms with E-state index < -0.39 is 11.1 Å².